The maximum atomic E-state index is 12.6. The second-order valence-electron chi connectivity index (χ2n) is 6.61. The highest BCUT2D eigenvalue weighted by atomic mass is 35.5. The number of benzene rings is 1. The van der Waals surface area contributed by atoms with E-state index in [1.807, 2.05) is 42.4 Å². The number of likely N-dealkylation sites (tertiary alicyclic amines) is 1. The molecule has 26 heavy (non-hydrogen) atoms. The third-order valence-corrected chi connectivity index (χ3v) is 5.15. The lowest BCUT2D eigenvalue weighted by Gasteiger charge is -2.32. The van der Waals surface area contributed by atoms with E-state index in [4.69, 9.17) is 11.6 Å². The molecule has 1 aromatic carbocycles. The van der Waals surface area contributed by atoms with Gasteiger partial charge in [-0.05, 0) is 49.6 Å². The third-order valence-electron chi connectivity index (χ3n) is 4.92. The monoisotopic (exact) mass is 369 g/mol. The van der Waals surface area contributed by atoms with Crippen LogP contribution in [0, 0.1) is 6.92 Å². The first-order valence-electron chi connectivity index (χ1n) is 8.71. The number of hydrogen-bond acceptors (Lipinski definition) is 3. The van der Waals surface area contributed by atoms with Crippen LogP contribution in [-0.2, 0) is 0 Å². The molecule has 0 saturated carbocycles. The van der Waals surface area contributed by atoms with Crippen molar-refractivity contribution in [2.75, 3.05) is 18.4 Å². The fraction of sp³-hybridized carbons (Fsp3) is 0.316. The average Bonchev–Trinajstić information content (AvgIpc) is 3.09. The predicted octanol–water partition coefficient (Wildman–Crippen LogP) is 4.26. The van der Waals surface area contributed by atoms with Gasteiger partial charge in [0, 0.05) is 36.0 Å². The van der Waals surface area contributed by atoms with E-state index in [2.05, 4.69) is 19.9 Å². The molecule has 0 aliphatic carbocycles. The van der Waals surface area contributed by atoms with E-state index in [0.29, 0.717) is 24.2 Å². The number of halogens is 1. The van der Waals surface area contributed by atoms with Crippen LogP contribution >= 0.6 is 11.6 Å². The number of hydrogen-bond donors (Lipinski definition) is 1. The number of aryl methyl sites for hydroxylation is 1. The van der Waals surface area contributed by atoms with Crippen molar-refractivity contribution in [3.63, 3.8) is 0 Å². The lowest BCUT2D eigenvalue weighted by atomic mass is 10.1. The Hall–Kier alpha value is -2.60. The normalized spacial score (nSPS) is 15.4. The van der Waals surface area contributed by atoms with Crippen molar-refractivity contribution >= 4 is 34.5 Å². The fourth-order valence-electron chi connectivity index (χ4n) is 3.40. The van der Waals surface area contributed by atoms with Crippen molar-refractivity contribution in [2.45, 2.75) is 25.8 Å². The van der Waals surface area contributed by atoms with Gasteiger partial charge in [-0.1, -0.05) is 17.7 Å². The summed E-state index contributed by atoms with van der Waals surface area (Å²) in [6.45, 7) is 3.35. The van der Waals surface area contributed by atoms with E-state index in [1.54, 1.807) is 12.3 Å². The Labute approximate surface area is 156 Å². The van der Waals surface area contributed by atoms with E-state index < -0.39 is 0 Å². The summed E-state index contributed by atoms with van der Waals surface area (Å²) in [4.78, 5) is 23.3. The molecule has 0 atom stereocenters. The number of piperidine rings is 1. The van der Waals surface area contributed by atoms with Gasteiger partial charge in [-0.25, -0.2) is 14.8 Å². The molecule has 4 rings (SSSR count). The van der Waals surface area contributed by atoms with Gasteiger partial charge in [-0.3, -0.25) is 0 Å². The average molecular weight is 370 g/mol. The summed E-state index contributed by atoms with van der Waals surface area (Å²) in [5.74, 6) is 0. The summed E-state index contributed by atoms with van der Waals surface area (Å²) in [6.07, 6.45) is 5.40. The minimum atomic E-state index is -0.0811. The van der Waals surface area contributed by atoms with Crippen LogP contribution in [0.15, 0.2) is 42.9 Å². The number of anilines is 1. The summed E-state index contributed by atoms with van der Waals surface area (Å²) in [6, 6.07) is 9.60. The van der Waals surface area contributed by atoms with Crippen molar-refractivity contribution in [3.05, 3.63) is 53.4 Å². The van der Waals surface area contributed by atoms with Crippen LogP contribution < -0.4 is 5.32 Å². The number of urea groups is 1. The highest BCUT2D eigenvalue weighted by Gasteiger charge is 2.25. The van der Waals surface area contributed by atoms with Gasteiger partial charge < -0.3 is 14.8 Å². The SMILES string of the molecule is Cc1ccc(Cl)cc1NC(=O)N1CCC(n2cnc3cccnc32)CC1. The molecule has 3 aromatic rings. The Morgan fingerprint density at radius 1 is 1.23 bits per heavy atom. The predicted molar refractivity (Wildman–Crippen MR) is 103 cm³/mol. The van der Waals surface area contributed by atoms with Gasteiger partial charge in [0.1, 0.15) is 5.52 Å². The first-order chi connectivity index (χ1) is 12.6. The molecule has 0 unspecified atom stereocenters. The Morgan fingerprint density at radius 2 is 2.04 bits per heavy atom. The zero-order valence-electron chi connectivity index (χ0n) is 14.5. The first-order valence-corrected chi connectivity index (χ1v) is 9.09. The topological polar surface area (TPSA) is 63.1 Å². The highest BCUT2D eigenvalue weighted by Crippen LogP contribution is 2.26. The number of imidazole rings is 1. The van der Waals surface area contributed by atoms with Crippen LogP contribution in [0.2, 0.25) is 5.02 Å². The van der Waals surface area contributed by atoms with Crippen LogP contribution in [0.4, 0.5) is 10.5 Å². The number of aromatic nitrogens is 3. The molecule has 1 fully saturated rings. The summed E-state index contributed by atoms with van der Waals surface area (Å²) < 4.78 is 2.13. The standard InChI is InChI=1S/C19H20ClN5O/c1-13-4-5-14(20)11-17(13)23-19(26)24-9-6-15(7-10-24)25-12-22-16-3-2-8-21-18(16)25/h2-5,8,11-12,15H,6-7,9-10H2,1H3,(H,23,26). The number of fused-ring (bicyclic) bond motifs is 1. The van der Waals surface area contributed by atoms with E-state index in [1.165, 1.54) is 0 Å². The fourth-order valence-corrected chi connectivity index (χ4v) is 3.58. The minimum absolute atomic E-state index is 0.0811. The number of nitrogens with one attached hydrogen (secondary N) is 1. The van der Waals surface area contributed by atoms with E-state index in [0.717, 1.165) is 35.3 Å². The number of carbonyl (C=O) groups excluding carboxylic acids is 1. The summed E-state index contributed by atoms with van der Waals surface area (Å²) in [5, 5.41) is 3.59. The van der Waals surface area contributed by atoms with Crippen LogP contribution in [0.5, 0.6) is 0 Å². The molecule has 1 aliphatic heterocycles. The van der Waals surface area contributed by atoms with Crippen molar-refractivity contribution in [2.24, 2.45) is 0 Å². The number of pyridine rings is 1. The minimum Gasteiger partial charge on any atom is -0.324 e. The van der Waals surface area contributed by atoms with Gasteiger partial charge in [0.05, 0.1) is 6.33 Å². The second-order valence-corrected chi connectivity index (χ2v) is 7.04. The molecular weight excluding hydrogens is 350 g/mol. The zero-order chi connectivity index (χ0) is 18.1. The molecule has 0 bridgehead atoms. The van der Waals surface area contributed by atoms with Crippen molar-refractivity contribution in [3.8, 4) is 0 Å². The van der Waals surface area contributed by atoms with Crippen LogP contribution in [-0.4, -0.2) is 38.6 Å². The van der Waals surface area contributed by atoms with Crippen LogP contribution in [0.25, 0.3) is 11.2 Å². The molecule has 2 aromatic heterocycles. The Morgan fingerprint density at radius 3 is 2.85 bits per heavy atom. The Balaban J connectivity index is 1.41. The lowest BCUT2D eigenvalue weighted by molar-refractivity contribution is 0.184. The molecule has 1 N–H and O–H groups in total. The van der Waals surface area contributed by atoms with Gasteiger partial charge in [0.2, 0.25) is 0 Å². The third kappa shape index (κ3) is 3.24. The molecule has 0 radical (unpaired) electrons. The van der Waals surface area contributed by atoms with Crippen molar-refractivity contribution in [1.29, 1.82) is 0 Å². The lowest BCUT2D eigenvalue weighted by Crippen LogP contribution is -2.41. The van der Waals surface area contributed by atoms with Gasteiger partial charge >= 0.3 is 6.03 Å². The van der Waals surface area contributed by atoms with Gasteiger partial charge in [-0.15, -0.1) is 0 Å². The maximum absolute atomic E-state index is 12.6. The van der Waals surface area contributed by atoms with Gasteiger partial charge in [0.15, 0.2) is 5.65 Å². The van der Waals surface area contributed by atoms with Gasteiger partial charge in [0.25, 0.3) is 0 Å². The second kappa shape index (κ2) is 6.96. The molecule has 1 aliphatic rings. The quantitative estimate of drug-likeness (QED) is 0.734. The van der Waals surface area contributed by atoms with Crippen LogP contribution in [0.3, 0.4) is 0 Å². The molecule has 0 spiro atoms. The number of rotatable bonds is 2. The largest absolute Gasteiger partial charge is 0.324 e. The molecule has 6 nitrogen and oxygen atoms in total. The van der Waals surface area contributed by atoms with Crippen molar-refractivity contribution in [1.82, 2.24) is 19.4 Å². The van der Waals surface area contributed by atoms with Crippen molar-refractivity contribution < 1.29 is 4.79 Å². The number of nitrogens with zero attached hydrogens (tertiary/aromatic N) is 4. The van der Waals surface area contributed by atoms with Gasteiger partial charge in [-0.2, -0.15) is 0 Å². The summed E-state index contributed by atoms with van der Waals surface area (Å²) in [7, 11) is 0. The summed E-state index contributed by atoms with van der Waals surface area (Å²) >= 11 is 6.03. The molecule has 134 valence electrons. The summed E-state index contributed by atoms with van der Waals surface area (Å²) in [5.41, 5.74) is 3.57. The smallest absolute Gasteiger partial charge is 0.321 e. The van der Waals surface area contributed by atoms with E-state index in [9.17, 15) is 4.79 Å². The Bertz CT molecular complexity index is 946. The molecular formula is C19H20ClN5O. The molecule has 1 saturated heterocycles. The van der Waals surface area contributed by atoms with Crippen LogP contribution in [0.1, 0.15) is 24.4 Å². The number of amides is 2. The Kier molecular flexibility index (Phi) is 4.51. The maximum Gasteiger partial charge on any atom is 0.321 e. The van der Waals surface area contributed by atoms with E-state index >= 15 is 0 Å². The molecule has 2 amide bonds. The highest BCUT2D eigenvalue weighted by molar-refractivity contribution is 6.31. The number of carbonyl (C=O) groups is 1. The van der Waals surface area contributed by atoms with E-state index in [-0.39, 0.29) is 6.03 Å². The zero-order valence-corrected chi connectivity index (χ0v) is 15.3. The molecule has 3 heterocycles. The first kappa shape index (κ1) is 16.8. The molecule has 7 heteroatoms.